The zero-order valence-electron chi connectivity index (χ0n) is 17.4. The molecule has 0 aliphatic heterocycles. The van der Waals surface area contributed by atoms with Crippen molar-refractivity contribution in [2.24, 2.45) is 7.05 Å². The summed E-state index contributed by atoms with van der Waals surface area (Å²) in [6.45, 7) is 0. The van der Waals surface area contributed by atoms with Crippen LogP contribution in [0.15, 0.2) is 79.4 Å². The number of rotatable bonds is 4. The van der Waals surface area contributed by atoms with Crippen molar-refractivity contribution in [3.05, 3.63) is 112 Å². The summed E-state index contributed by atoms with van der Waals surface area (Å²) in [6.07, 6.45) is 4.80. The maximum absolute atomic E-state index is 12.1. The van der Waals surface area contributed by atoms with Gasteiger partial charge in [0.15, 0.2) is 5.60 Å². The van der Waals surface area contributed by atoms with E-state index in [4.69, 9.17) is 34.8 Å². The maximum Gasteiger partial charge on any atom is 0.158 e. The molecule has 0 saturated heterocycles. The van der Waals surface area contributed by atoms with Crippen LogP contribution >= 0.6 is 34.8 Å². The molecule has 164 valence electrons. The van der Waals surface area contributed by atoms with Crippen LogP contribution in [-0.2, 0) is 12.6 Å². The zero-order valence-corrected chi connectivity index (χ0v) is 19.6. The van der Waals surface area contributed by atoms with Gasteiger partial charge in [0.05, 0.1) is 28.8 Å². The van der Waals surface area contributed by atoms with Gasteiger partial charge in [-0.2, -0.15) is 0 Å². The Morgan fingerprint density at radius 1 is 0.909 bits per heavy atom. The zero-order chi connectivity index (χ0) is 23.2. The molecule has 33 heavy (non-hydrogen) atoms. The van der Waals surface area contributed by atoms with Crippen molar-refractivity contribution in [3.63, 3.8) is 0 Å². The van der Waals surface area contributed by atoms with E-state index in [-0.39, 0.29) is 0 Å². The molecule has 8 heteroatoms. The first-order valence-electron chi connectivity index (χ1n) is 10.1. The molecule has 1 unspecified atom stereocenters. The summed E-state index contributed by atoms with van der Waals surface area (Å²) >= 11 is 19.4. The summed E-state index contributed by atoms with van der Waals surface area (Å²) < 4.78 is 1.76. The lowest BCUT2D eigenvalue weighted by Gasteiger charge is -2.29. The van der Waals surface area contributed by atoms with Crippen molar-refractivity contribution in [2.45, 2.75) is 5.60 Å². The number of halogens is 3. The molecule has 3 aromatic heterocycles. The number of pyridine rings is 2. The fraction of sp³-hybridized carbons (Fsp3) is 0.0800. The Labute approximate surface area is 205 Å². The third-order valence-corrected chi connectivity index (χ3v) is 6.58. The Kier molecular flexibility index (Phi) is 5.59. The van der Waals surface area contributed by atoms with Crippen molar-refractivity contribution in [1.82, 2.24) is 19.5 Å². The van der Waals surface area contributed by atoms with E-state index in [1.54, 1.807) is 47.6 Å². The van der Waals surface area contributed by atoms with E-state index in [9.17, 15) is 5.11 Å². The van der Waals surface area contributed by atoms with Gasteiger partial charge in [-0.3, -0.25) is 0 Å². The Morgan fingerprint density at radius 3 is 2.33 bits per heavy atom. The fourth-order valence-corrected chi connectivity index (χ4v) is 4.83. The lowest BCUT2D eigenvalue weighted by molar-refractivity contribution is 0.117. The van der Waals surface area contributed by atoms with Crippen molar-refractivity contribution >= 4 is 45.7 Å². The third kappa shape index (κ3) is 3.67. The van der Waals surface area contributed by atoms with E-state index in [0.717, 1.165) is 5.56 Å². The third-order valence-electron chi connectivity index (χ3n) is 5.69. The second kappa shape index (κ2) is 8.43. The molecule has 0 amide bonds. The van der Waals surface area contributed by atoms with E-state index in [1.807, 2.05) is 43.4 Å². The van der Waals surface area contributed by atoms with Crippen molar-refractivity contribution in [1.29, 1.82) is 0 Å². The molecule has 3 heterocycles. The lowest BCUT2D eigenvalue weighted by Crippen LogP contribution is -2.31. The molecule has 5 rings (SSSR count). The monoisotopic (exact) mass is 494 g/mol. The predicted molar refractivity (Wildman–Crippen MR) is 132 cm³/mol. The number of hydrogen-bond acceptors (Lipinski definition) is 4. The maximum atomic E-state index is 12.1. The van der Waals surface area contributed by atoms with Crippen molar-refractivity contribution in [3.8, 4) is 11.1 Å². The molecule has 0 fully saturated rings. The van der Waals surface area contributed by atoms with Crippen molar-refractivity contribution < 1.29 is 5.11 Å². The summed E-state index contributed by atoms with van der Waals surface area (Å²) in [5, 5.41) is 13.9. The molecule has 0 spiro atoms. The van der Waals surface area contributed by atoms with Crippen LogP contribution in [0.2, 0.25) is 15.3 Å². The van der Waals surface area contributed by atoms with Gasteiger partial charge in [0.1, 0.15) is 10.3 Å². The van der Waals surface area contributed by atoms with Crippen LogP contribution in [0.4, 0.5) is 0 Å². The van der Waals surface area contributed by atoms with Gasteiger partial charge in [-0.1, -0.05) is 77.3 Å². The first-order chi connectivity index (χ1) is 15.9. The van der Waals surface area contributed by atoms with Gasteiger partial charge in [0.25, 0.3) is 0 Å². The molecule has 0 bridgehead atoms. The molecule has 0 radical (unpaired) electrons. The highest BCUT2D eigenvalue weighted by molar-refractivity contribution is 6.42. The Morgan fingerprint density at radius 2 is 1.67 bits per heavy atom. The van der Waals surface area contributed by atoms with E-state index in [0.29, 0.717) is 48.6 Å². The van der Waals surface area contributed by atoms with Gasteiger partial charge < -0.3 is 9.67 Å². The number of benzene rings is 2. The lowest BCUT2D eigenvalue weighted by atomic mass is 9.83. The first-order valence-corrected chi connectivity index (χ1v) is 11.2. The highest BCUT2D eigenvalue weighted by atomic mass is 35.5. The van der Waals surface area contributed by atoms with E-state index < -0.39 is 5.60 Å². The minimum atomic E-state index is -1.56. The molecule has 0 aliphatic rings. The number of fused-ring (bicyclic) bond motifs is 1. The number of aryl methyl sites for hydroxylation is 1. The van der Waals surface area contributed by atoms with Crippen LogP contribution in [0.1, 0.15) is 16.8 Å². The van der Waals surface area contributed by atoms with Crippen LogP contribution in [-0.4, -0.2) is 24.6 Å². The van der Waals surface area contributed by atoms with Crippen LogP contribution in [0.5, 0.6) is 0 Å². The van der Waals surface area contributed by atoms with Crippen LogP contribution in [0, 0.1) is 0 Å². The molecule has 0 saturated carbocycles. The predicted octanol–water partition coefficient (Wildman–Crippen LogP) is 6.27. The first kappa shape index (κ1) is 21.9. The van der Waals surface area contributed by atoms with E-state index in [2.05, 4.69) is 15.0 Å². The van der Waals surface area contributed by atoms with E-state index >= 15 is 0 Å². The quantitative estimate of drug-likeness (QED) is 0.298. The van der Waals surface area contributed by atoms with E-state index in [1.165, 1.54) is 0 Å². The minimum Gasteiger partial charge on any atom is -0.374 e. The summed E-state index contributed by atoms with van der Waals surface area (Å²) in [5.74, 6) is 0. The van der Waals surface area contributed by atoms with Crippen molar-refractivity contribution in [2.75, 3.05) is 0 Å². The number of nitrogens with zero attached hydrogens (tertiary/aromatic N) is 4. The fourth-order valence-electron chi connectivity index (χ4n) is 4.03. The topological polar surface area (TPSA) is 63.8 Å². The summed E-state index contributed by atoms with van der Waals surface area (Å²) in [4.78, 5) is 12.9. The average molecular weight is 496 g/mol. The van der Waals surface area contributed by atoms with Crippen LogP contribution < -0.4 is 0 Å². The van der Waals surface area contributed by atoms with Crippen LogP contribution in [0.25, 0.3) is 22.0 Å². The highest BCUT2D eigenvalue weighted by Gasteiger charge is 2.37. The van der Waals surface area contributed by atoms with Crippen LogP contribution in [0.3, 0.4) is 0 Å². The molecule has 0 aliphatic carbocycles. The van der Waals surface area contributed by atoms with Gasteiger partial charge in [0.2, 0.25) is 0 Å². The number of aliphatic hydroxyl groups is 1. The molecule has 1 atom stereocenters. The Balaban J connectivity index is 1.78. The highest BCUT2D eigenvalue weighted by Crippen LogP contribution is 2.42. The van der Waals surface area contributed by atoms with Gasteiger partial charge in [-0.05, 0) is 29.3 Å². The molecule has 5 aromatic rings. The molecule has 5 nitrogen and oxygen atoms in total. The Bertz CT molecular complexity index is 1470. The minimum absolute atomic E-state index is 0.315. The number of imidazole rings is 1. The summed E-state index contributed by atoms with van der Waals surface area (Å²) in [7, 11) is 1.82. The standard InChI is InChI=1S/C25H17Cl3N4O/c1-32-14-29-13-20(32)25(33,17-8-10-21(26)30-12-17)16-7-9-19-18(11-16)23(27)22(24(28)31-19)15-5-3-2-4-6-15/h2-14,33H,1H3. The normalized spacial score (nSPS) is 13.2. The largest absolute Gasteiger partial charge is 0.374 e. The number of hydrogen-bond donors (Lipinski definition) is 1. The SMILES string of the molecule is Cn1cncc1C(O)(c1ccc(Cl)nc1)c1ccc2nc(Cl)c(-c3ccccc3)c(Cl)c2c1. The smallest absolute Gasteiger partial charge is 0.158 e. The average Bonchev–Trinajstić information content (AvgIpc) is 3.26. The molecular formula is C25H17Cl3N4O. The molecule has 1 N–H and O–H groups in total. The second-order valence-electron chi connectivity index (χ2n) is 7.66. The number of aromatic nitrogens is 4. The van der Waals surface area contributed by atoms with Gasteiger partial charge in [-0.25, -0.2) is 15.0 Å². The summed E-state index contributed by atoms with van der Waals surface area (Å²) in [6, 6.07) is 18.4. The second-order valence-corrected chi connectivity index (χ2v) is 8.78. The van der Waals surface area contributed by atoms with Gasteiger partial charge >= 0.3 is 0 Å². The molecule has 2 aromatic carbocycles. The van der Waals surface area contributed by atoms with Gasteiger partial charge in [0, 0.05) is 29.8 Å². The van der Waals surface area contributed by atoms with Gasteiger partial charge in [-0.15, -0.1) is 0 Å². The molecular weight excluding hydrogens is 479 g/mol. The summed E-state index contributed by atoms with van der Waals surface area (Å²) in [5.41, 5.74) is 2.23. The Hall–Kier alpha value is -2.96.